The first-order valence-corrected chi connectivity index (χ1v) is 5.84. The van der Waals surface area contributed by atoms with Crippen LogP contribution in [0.3, 0.4) is 0 Å². The predicted octanol–water partition coefficient (Wildman–Crippen LogP) is 2.37. The molecule has 0 aromatic heterocycles. The first kappa shape index (κ1) is 11.3. The molecule has 0 aliphatic carbocycles. The summed E-state index contributed by atoms with van der Waals surface area (Å²) < 4.78 is 0. The number of nitrogens with one attached hydrogen (secondary N) is 1. The maximum Gasteiger partial charge on any atom is 0.00645 e. The summed E-state index contributed by atoms with van der Waals surface area (Å²) in [6.07, 6.45) is 3.42. The molecule has 2 heteroatoms. The Kier molecular flexibility index (Phi) is 7.18. The van der Waals surface area contributed by atoms with Crippen LogP contribution in [0.5, 0.6) is 0 Å². The first-order valence-electron chi connectivity index (χ1n) is 4.44. The number of rotatable bonds is 6. The van der Waals surface area contributed by atoms with Crippen molar-refractivity contribution < 1.29 is 0 Å². The van der Waals surface area contributed by atoms with Crippen molar-refractivity contribution in [2.24, 2.45) is 5.92 Å². The van der Waals surface area contributed by atoms with E-state index in [2.05, 4.69) is 32.3 Å². The Labute approximate surface area is 75.3 Å². The second-order valence-electron chi connectivity index (χ2n) is 3.12. The molecule has 0 saturated carbocycles. The molecule has 0 heterocycles. The highest BCUT2D eigenvalue weighted by atomic mass is 32.2. The second kappa shape index (κ2) is 6.99. The van der Waals surface area contributed by atoms with Gasteiger partial charge in [0.25, 0.3) is 0 Å². The highest BCUT2D eigenvalue weighted by Crippen LogP contribution is 2.06. The van der Waals surface area contributed by atoms with Crippen LogP contribution >= 0.6 is 11.8 Å². The van der Waals surface area contributed by atoms with Crippen molar-refractivity contribution >= 4 is 11.8 Å². The Hall–Kier alpha value is 0.310. The fraction of sp³-hybridized carbons (Fsp3) is 1.00. The Morgan fingerprint density at radius 2 is 2.00 bits per heavy atom. The Morgan fingerprint density at radius 3 is 2.45 bits per heavy atom. The van der Waals surface area contributed by atoms with E-state index in [9.17, 15) is 0 Å². The van der Waals surface area contributed by atoms with E-state index in [1.54, 1.807) is 0 Å². The van der Waals surface area contributed by atoms with Crippen molar-refractivity contribution in [1.82, 2.24) is 5.32 Å². The van der Waals surface area contributed by atoms with Crippen LogP contribution < -0.4 is 5.32 Å². The van der Waals surface area contributed by atoms with Crippen LogP contribution in [0, 0.1) is 5.92 Å². The normalized spacial score (nSPS) is 16.4. The largest absolute Gasteiger partial charge is 0.313 e. The molecule has 0 radical (unpaired) electrons. The maximum absolute atomic E-state index is 3.51. The van der Waals surface area contributed by atoms with Gasteiger partial charge in [0.1, 0.15) is 0 Å². The fourth-order valence-electron chi connectivity index (χ4n) is 0.943. The molecule has 0 aliphatic heterocycles. The van der Waals surface area contributed by atoms with E-state index in [1.807, 2.05) is 11.8 Å². The lowest BCUT2D eigenvalue weighted by Crippen LogP contribution is -2.33. The summed E-state index contributed by atoms with van der Waals surface area (Å²) in [5.41, 5.74) is 0. The second-order valence-corrected chi connectivity index (χ2v) is 4.11. The Balaban J connectivity index is 3.28. The minimum atomic E-state index is 0.673. The highest BCUT2D eigenvalue weighted by Gasteiger charge is 2.07. The van der Waals surface area contributed by atoms with E-state index in [0.717, 1.165) is 12.5 Å². The van der Waals surface area contributed by atoms with Crippen molar-refractivity contribution in [1.29, 1.82) is 0 Å². The van der Waals surface area contributed by atoms with Gasteiger partial charge in [0.2, 0.25) is 0 Å². The van der Waals surface area contributed by atoms with E-state index in [0.29, 0.717) is 6.04 Å². The molecule has 0 saturated heterocycles. The number of hydrogen-bond donors (Lipinski definition) is 1. The molecule has 0 rings (SSSR count). The zero-order chi connectivity index (χ0) is 8.69. The Bertz CT molecular complexity index is 85.6. The summed E-state index contributed by atoms with van der Waals surface area (Å²) >= 11 is 1.90. The fourth-order valence-corrected chi connectivity index (χ4v) is 1.27. The van der Waals surface area contributed by atoms with Crippen LogP contribution in [-0.4, -0.2) is 24.6 Å². The van der Waals surface area contributed by atoms with Crippen LogP contribution in [0.4, 0.5) is 0 Å². The van der Waals surface area contributed by atoms with Crippen molar-refractivity contribution in [3.05, 3.63) is 0 Å². The van der Waals surface area contributed by atoms with Gasteiger partial charge in [0, 0.05) is 18.3 Å². The SMILES string of the molecule is CCC(C)C(C)NCCSC. The molecule has 2 atom stereocenters. The molecule has 1 N–H and O–H groups in total. The topological polar surface area (TPSA) is 12.0 Å². The van der Waals surface area contributed by atoms with Gasteiger partial charge >= 0.3 is 0 Å². The smallest absolute Gasteiger partial charge is 0.00645 e. The van der Waals surface area contributed by atoms with Crippen LogP contribution in [0.1, 0.15) is 27.2 Å². The third-order valence-electron chi connectivity index (χ3n) is 2.27. The van der Waals surface area contributed by atoms with E-state index in [4.69, 9.17) is 0 Å². The zero-order valence-corrected chi connectivity index (χ0v) is 9.00. The van der Waals surface area contributed by atoms with Crippen LogP contribution in [-0.2, 0) is 0 Å². The minimum Gasteiger partial charge on any atom is -0.313 e. The van der Waals surface area contributed by atoms with Gasteiger partial charge in [0.15, 0.2) is 0 Å². The van der Waals surface area contributed by atoms with E-state index in [-0.39, 0.29) is 0 Å². The molecule has 0 aromatic rings. The summed E-state index contributed by atoms with van der Waals surface area (Å²) in [5.74, 6) is 2.03. The summed E-state index contributed by atoms with van der Waals surface area (Å²) in [4.78, 5) is 0. The van der Waals surface area contributed by atoms with E-state index >= 15 is 0 Å². The highest BCUT2D eigenvalue weighted by molar-refractivity contribution is 7.98. The van der Waals surface area contributed by atoms with E-state index < -0.39 is 0 Å². The average molecular weight is 175 g/mol. The van der Waals surface area contributed by atoms with Crippen LogP contribution in [0.2, 0.25) is 0 Å². The standard InChI is InChI=1S/C9H21NS/c1-5-8(2)9(3)10-6-7-11-4/h8-10H,5-7H2,1-4H3. The quantitative estimate of drug-likeness (QED) is 0.622. The molecule has 0 bridgehead atoms. The molecule has 1 nitrogen and oxygen atoms in total. The summed E-state index contributed by atoms with van der Waals surface area (Å²) in [7, 11) is 0. The van der Waals surface area contributed by atoms with E-state index in [1.165, 1.54) is 12.2 Å². The molecule has 0 amide bonds. The number of hydrogen-bond acceptors (Lipinski definition) is 2. The number of thioether (sulfide) groups is 1. The van der Waals surface area contributed by atoms with Crippen molar-refractivity contribution in [2.45, 2.75) is 33.2 Å². The summed E-state index contributed by atoms with van der Waals surface area (Å²) in [5, 5.41) is 3.51. The monoisotopic (exact) mass is 175 g/mol. The molecular formula is C9H21NS. The molecule has 0 spiro atoms. The summed E-state index contributed by atoms with van der Waals surface area (Å²) in [6, 6.07) is 0.673. The van der Waals surface area contributed by atoms with Crippen molar-refractivity contribution in [3.8, 4) is 0 Å². The third-order valence-corrected chi connectivity index (χ3v) is 2.88. The third kappa shape index (κ3) is 5.57. The van der Waals surface area contributed by atoms with Crippen molar-refractivity contribution in [2.75, 3.05) is 18.6 Å². The first-order chi connectivity index (χ1) is 5.22. The lowest BCUT2D eigenvalue weighted by Gasteiger charge is -2.19. The molecule has 2 unspecified atom stereocenters. The van der Waals surface area contributed by atoms with Gasteiger partial charge in [-0.2, -0.15) is 11.8 Å². The van der Waals surface area contributed by atoms with Gasteiger partial charge < -0.3 is 5.32 Å². The van der Waals surface area contributed by atoms with Crippen molar-refractivity contribution in [3.63, 3.8) is 0 Å². The maximum atomic E-state index is 3.51. The van der Waals surface area contributed by atoms with Gasteiger partial charge in [-0.15, -0.1) is 0 Å². The van der Waals surface area contributed by atoms with Gasteiger partial charge in [-0.3, -0.25) is 0 Å². The molecule has 0 aliphatic rings. The minimum absolute atomic E-state index is 0.673. The molecule has 68 valence electrons. The predicted molar refractivity (Wildman–Crippen MR) is 55.3 cm³/mol. The lowest BCUT2D eigenvalue weighted by molar-refractivity contribution is 0.399. The molecule has 0 aromatic carbocycles. The van der Waals surface area contributed by atoms with Gasteiger partial charge in [-0.05, 0) is 19.1 Å². The van der Waals surface area contributed by atoms with Crippen LogP contribution in [0.15, 0.2) is 0 Å². The lowest BCUT2D eigenvalue weighted by atomic mass is 10.0. The zero-order valence-electron chi connectivity index (χ0n) is 8.18. The summed E-state index contributed by atoms with van der Waals surface area (Å²) in [6.45, 7) is 7.97. The molecule has 11 heavy (non-hydrogen) atoms. The molecular weight excluding hydrogens is 154 g/mol. The van der Waals surface area contributed by atoms with Crippen LogP contribution in [0.25, 0.3) is 0 Å². The average Bonchev–Trinajstić information content (AvgIpc) is 2.03. The van der Waals surface area contributed by atoms with Gasteiger partial charge in [0.05, 0.1) is 0 Å². The van der Waals surface area contributed by atoms with Gasteiger partial charge in [-0.25, -0.2) is 0 Å². The Morgan fingerprint density at radius 1 is 1.36 bits per heavy atom. The van der Waals surface area contributed by atoms with Gasteiger partial charge in [-0.1, -0.05) is 20.3 Å². The molecule has 0 fully saturated rings.